The third-order valence-corrected chi connectivity index (χ3v) is 4.80. The average Bonchev–Trinajstić information content (AvgIpc) is 2.84. The van der Waals surface area contributed by atoms with Crippen LogP contribution in [0.4, 0.5) is 5.69 Å². The van der Waals surface area contributed by atoms with E-state index in [4.69, 9.17) is 9.47 Å². The van der Waals surface area contributed by atoms with Gasteiger partial charge in [0.05, 0.1) is 14.2 Å². The van der Waals surface area contributed by atoms with Crippen LogP contribution in [-0.4, -0.2) is 31.8 Å². The van der Waals surface area contributed by atoms with Crippen LogP contribution in [0.1, 0.15) is 33.2 Å². The number of nitrogens with one attached hydrogen (secondary N) is 2. The Morgan fingerprint density at radius 3 is 2.06 bits per heavy atom. The largest absolute Gasteiger partial charge is 0.493 e. The number of rotatable bonds is 8. The van der Waals surface area contributed by atoms with Crippen LogP contribution in [0.15, 0.2) is 78.5 Å². The summed E-state index contributed by atoms with van der Waals surface area (Å²) in [6.07, 6.45) is 1.54. The molecule has 0 saturated carbocycles. The minimum atomic E-state index is -0.523. The third-order valence-electron chi connectivity index (χ3n) is 4.80. The van der Waals surface area contributed by atoms with Crippen molar-refractivity contribution in [3.63, 3.8) is 0 Å². The first-order valence-electron chi connectivity index (χ1n) is 10.1. The molecule has 3 rings (SSSR count). The second kappa shape index (κ2) is 10.8. The zero-order chi connectivity index (χ0) is 23.8. The Kier molecular flexibility index (Phi) is 7.60. The topological polar surface area (TPSA) is 93.7 Å². The fourth-order valence-corrected chi connectivity index (χ4v) is 3.04. The van der Waals surface area contributed by atoms with Gasteiger partial charge < -0.3 is 20.1 Å². The summed E-state index contributed by atoms with van der Waals surface area (Å²) in [6.45, 7) is 1.47. The first-order chi connectivity index (χ1) is 15.9. The van der Waals surface area contributed by atoms with E-state index in [1.165, 1.54) is 21.1 Å². The Bertz CT molecular complexity index is 1190. The lowest BCUT2D eigenvalue weighted by molar-refractivity contribution is -0.113. The lowest BCUT2D eigenvalue weighted by Gasteiger charge is -2.13. The van der Waals surface area contributed by atoms with Crippen LogP contribution in [0.25, 0.3) is 6.08 Å². The number of ether oxygens (including phenoxy) is 2. The molecule has 2 amide bonds. The highest BCUT2D eigenvalue weighted by molar-refractivity contribution is 6.10. The van der Waals surface area contributed by atoms with E-state index >= 15 is 0 Å². The maximum atomic E-state index is 13.1. The molecule has 0 unspecified atom stereocenters. The molecule has 7 nitrogen and oxygen atoms in total. The maximum Gasteiger partial charge on any atom is 0.272 e. The summed E-state index contributed by atoms with van der Waals surface area (Å²) in [5.74, 6) is 0.00540. The number of ketones is 1. The Morgan fingerprint density at radius 1 is 0.788 bits per heavy atom. The van der Waals surface area contributed by atoms with Gasteiger partial charge in [-0.3, -0.25) is 14.4 Å². The Morgan fingerprint density at radius 2 is 1.45 bits per heavy atom. The van der Waals surface area contributed by atoms with Crippen LogP contribution in [0.5, 0.6) is 11.5 Å². The molecule has 3 aromatic carbocycles. The SMILES string of the molecule is COc1ccc(C=C(NC(=O)c2ccccc2)C(=O)Nc2ccc(C(C)=O)cc2)cc1OC. The van der Waals surface area contributed by atoms with E-state index < -0.39 is 11.8 Å². The molecule has 0 heterocycles. The molecule has 168 valence electrons. The number of carbonyl (C=O) groups is 3. The predicted molar refractivity (Wildman–Crippen MR) is 127 cm³/mol. The zero-order valence-electron chi connectivity index (χ0n) is 18.5. The summed E-state index contributed by atoms with van der Waals surface area (Å²) in [5.41, 5.74) is 2.09. The molecule has 33 heavy (non-hydrogen) atoms. The molecule has 3 aromatic rings. The summed E-state index contributed by atoms with van der Waals surface area (Å²) in [5, 5.41) is 5.43. The minimum Gasteiger partial charge on any atom is -0.493 e. The number of amides is 2. The Hall–Kier alpha value is -4.39. The van der Waals surface area contributed by atoms with Crippen molar-refractivity contribution in [3.8, 4) is 11.5 Å². The van der Waals surface area contributed by atoms with Crippen molar-refractivity contribution in [2.75, 3.05) is 19.5 Å². The first kappa shape index (κ1) is 23.3. The van der Waals surface area contributed by atoms with Crippen molar-refractivity contribution in [1.29, 1.82) is 0 Å². The molecule has 0 spiro atoms. The van der Waals surface area contributed by atoms with E-state index in [0.29, 0.717) is 33.9 Å². The third kappa shape index (κ3) is 6.07. The second-order valence-electron chi connectivity index (χ2n) is 7.08. The number of hydrogen-bond donors (Lipinski definition) is 2. The van der Waals surface area contributed by atoms with Gasteiger partial charge in [0.2, 0.25) is 0 Å². The van der Waals surface area contributed by atoms with Gasteiger partial charge in [-0.15, -0.1) is 0 Å². The lowest BCUT2D eigenvalue weighted by Crippen LogP contribution is -2.30. The van der Waals surface area contributed by atoms with Crippen LogP contribution >= 0.6 is 0 Å². The number of benzene rings is 3. The number of hydrogen-bond acceptors (Lipinski definition) is 5. The molecule has 0 bridgehead atoms. The average molecular weight is 444 g/mol. The van der Waals surface area contributed by atoms with E-state index in [2.05, 4.69) is 10.6 Å². The van der Waals surface area contributed by atoms with Crippen molar-refractivity contribution in [3.05, 3.63) is 95.2 Å². The highest BCUT2D eigenvalue weighted by Gasteiger charge is 2.16. The van der Waals surface area contributed by atoms with E-state index in [9.17, 15) is 14.4 Å². The first-order valence-corrected chi connectivity index (χ1v) is 10.1. The zero-order valence-corrected chi connectivity index (χ0v) is 18.5. The van der Waals surface area contributed by atoms with Crippen LogP contribution in [0.2, 0.25) is 0 Å². The fraction of sp³-hybridized carbons (Fsp3) is 0.115. The molecule has 0 fully saturated rings. The molecule has 7 heteroatoms. The van der Waals surface area contributed by atoms with E-state index in [1.54, 1.807) is 78.9 Å². The molecule has 0 saturated heterocycles. The van der Waals surface area contributed by atoms with Gasteiger partial charge in [-0.05, 0) is 67.1 Å². The van der Waals surface area contributed by atoms with Crippen LogP contribution in [0.3, 0.4) is 0 Å². The molecule has 0 aliphatic rings. The molecule has 0 atom stereocenters. The summed E-state index contributed by atoms with van der Waals surface area (Å²) >= 11 is 0. The second-order valence-corrected chi connectivity index (χ2v) is 7.08. The van der Waals surface area contributed by atoms with Crippen molar-refractivity contribution in [1.82, 2.24) is 5.32 Å². The number of methoxy groups -OCH3 is 2. The Balaban J connectivity index is 1.92. The minimum absolute atomic E-state index is 0.0340. The van der Waals surface area contributed by atoms with Crippen molar-refractivity contribution in [2.45, 2.75) is 6.92 Å². The van der Waals surface area contributed by atoms with Gasteiger partial charge >= 0.3 is 0 Å². The van der Waals surface area contributed by atoms with Gasteiger partial charge in [0.1, 0.15) is 5.70 Å². The highest BCUT2D eigenvalue weighted by Crippen LogP contribution is 2.28. The van der Waals surface area contributed by atoms with Gasteiger partial charge in [-0.25, -0.2) is 0 Å². The molecule has 0 aromatic heterocycles. The molecular formula is C26H24N2O5. The van der Waals surface area contributed by atoms with Crippen LogP contribution < -0.4 is 20.1 Å². The standard InChI is InChI=1S/C26H24N2O5/c1-17(29)19-10-12-21(13-11-19)27-26(31)22(28-25(30)20-7-5-4-6-8-20)15-18-9-14-23(32-2)24(16-18)33-3/h4-16H,1-3H3,(H,27,31)(H,28,30). The quantitative estimate of drug-likeness (QED) is 0.399. The number of carbonyl (C=O) groups excluding carboxylic acids is 3. The van der Waals surface area contributed by atoms with Crippen molar-refractivity contribution >= 4 is 29.4 Å². The molecule has 2 N–H and O–H groups in total. The van der Waals surface area contributed by atoms with Gasteiger partial charge in [-0.2, -0.15) is 0 Å². The number of anilines is 1. The predicted octanol–water partition coefficient (Wildman–Crippen LogP) is 4.32. The van der Waals surface area contributed by atoms with Gasteiger partial charge in [-0.1, -0.05) is 24.3 Å². The summed E-state index contributed by atoms with van der Waals surface area (Å²) < 4.78 is 10.6. The van der Waals surface area contributed by atoms with E-state index in [1.807, 2.05) is 0 Å². The smallest absolute Gasteiger partial charge is 0.272 e. The van der Waals surface area contributed by atoms with Crippen LogP contribution in [0, 0.1) is 0 Å². The van der Waals surface area contributed by atoms with E-state index in [-0.39, 0.29) is 11.5 Å². The highest BCUT2D eigenvalue weighted by atomic mass is 16.5. The molecule has 0 aliphatic carbocycles. The van der Waals surface area contributed by atoms with Gasteiger partial charge in [0.25, 0.3) is 11.8 Å². The summed E-state index contributed by atoms with van der Waals surface area (Å²) in [7, 11) is 3.05. The Labute approximate surface area is 192 Å². The normalized spacial score (nSPS) is 10.8. The van der Waals surface area contributed by atoms with Gasteiger partial charge in [0.15, 0.2) is 17.3 Å². The van der Waals surface area contributed by atoms with Gasteiger partial charge in [0, 0.05) is 16.8 Å². The van der Waals surface area contributed by atoms with Crippen LogP contribution in [-0.2, 0) is 4.79 Å². The molecular weight excluding hydrogens is 420 g/mol. The monoisotopic (exact) mass is 444 g/mol. The van der Waals surface area contributed by atoms with Crippen molar-refractivity contribution < 1.29 is 23.9 Å². The fourth-order valence-electron chi connectivity index (χ4n) is 3.04. The maximum absolute atomic E-state index is 13.1. The summed E-state index contributed by atoms with van der Waals surface area (Å²) in [6, 6.07) is 20.2. The summed E-state index contributed by atoms with van der Waals surface area (Å²) in [4.78, 5) is 37.3. The number of Topliss-reactive ketones (excluding diaryl/α,β-unsaturated/α-hetero) is 1. The van der Waals surface area contributed by atoms with E-state index in [0.717, 1.165) is 0 Å². The molecule has 0 aliphatic heterocycles. The molecule has 0 radical (unpaired) electrons. The van der Waals surface area contributed by atoms with Crippen molar-refractivity contribution in [2.24, 2.45) is 0 Å². The lowest BCUT2D eigenvalue weighted by atomic mass is 10.1.